The lowest BCUT2D eigenvalue weighted by Crippen LogP contribution is -1.99. The molecule has 0 fully saturated rings. The minimum absolute atomic E-state index is 0.248. The number of halogens is 1. The van der Waals surface area contributed by atoms with Gasteiger partial charge in [0, 0.05) is 17.3 Å². The third-order valence-electron chi connectivity index (χ3n) is 2.97. The Morgan fingerprint density at radius 2 is 1.95 bits per heavy atom. The van der Waals surface area contributed by atoms with E-state index in [0.29, 0.717) is 17.0 Å². The normalized spacial score (nSPS) is 10.7. The van der Waals surface area contributed by atoms with Crippen molar-refractivity contribution in [2.75, 3.05) is 5.73 Å². The van der Waals surface area contributed by atoms with E-state index < -0.39 is 0 Å². The Labute approximate surface area is 115 Å². The summed E-state index contributed by atoms with van der Waals surface area (Å²) >= 11 is 0. The topological polar surface area (TPSA) is 48.1 Å². The summed E-state index contributed by atoms with van der Waals surface area (Å²) in [4.78, 5) is 4.30. The van der Waals surface area contributed by atoms with Gasteiger partial charge in [0.05, 0.1) is 0 Å². The van der Waals surface area contributed by atoms with E-state index in [4.69, 9.17) is 10.5 Å². The highest BCUT2D eigenvalue weighted by molar-refractivity contribution is 5.84. The van der Waals surface area contributed by atoms with Crippen LogP contribution in [0.4, 0.5) is 10.1 Å². The van der Waals surface area contributed by atoms with Crippen LogP contribution in [-0.4, -0.2) is 4.98 Å². The number of nitrogens with two attached hydrogens (primary N) is 1. The summed E-state index contributed by atoms with van der Waals surface area (Å²) in [5, 5.41) is 1.00. The first-order valence-electron chi connectivity index (χ1n) is 6.24. The van der Waals surface area contributed by atoms with Gasteiger partial charge in [-0.25, -0.2) is 4.39 Å². The van der Waals surface area contributed by atoms with Crippen molar-refractivity contribution in [3.05, 3.63) is 66.1 Å². The Kier molecular flexibility index (Phi) is 3.21. The molecule has 0 aliphatic rings. The van der Waals surface area contributed by atoms with Crippen molar-refractivity contribution in [2.45, 2.75) is 6.61 Å². The molecule has 0 radical (unpaired) electrons. The maximum absolute atomic E-state index is 13.3. The zero-order valence-corrected chi connectivity index (χ0v) is 10.7. The molecule has 3 rings (SSSR count). The van der Waals surface area contributed by atoms with Crippen LogP contribution in [0.3, 0.4) is 0 Å². The highest BCUT2D eigenvalue weighted by Gasteiger charge is 2.04. The van der Waals surface area contributed by atoms with Crippen molar-refractivity contribution in [3.8, 4) is 5.75 Å². The molecule has 0 bridgehead atoms. The van der Waals surface area contributed by atoms with Crippen LogP contribution in [-0.2, 0) is 6.61 Å². The van der Waals surface area contributed by atoms with Gasteiger partial charge in [0.1, 0.15) is 23.7 Å². The van der Waals surface area contributed by atoms with Crippen LogP contribution in [0.25, 0.3) is 10.9 Å². The zero-order chi connectivity index (χ0) is 13.9. The van der Waals surface area contributed by atoms with Crippen LogP contribution in [0.15, 0.2) is 54.7 Å². The lowest BCUT2D eigenvalue weighted by molar-refractivity contribution is 0.309. The molecule has 0 atom stereocenters. The lowest BCUT2D eigenvalue weighted by Gasteiger charge is -2.09. The molecule has 0 unspecified atom stereocenters. The molecule has 0 saturated carbocycles. The highest BCUT2D eigenvalue weighted by atomic mass is 19.1. The molecule has 3 aromatic rings. The number of rotatable bonds is 3. The van der Waals surface area contributed by atoms with Crippen LogP contribution in [0.1, 0.15) is 5.56 Å². The number of nitrogen functional groups attached to an aromatic ring is 1. The van der Waals surface area contributed by atoms with Crippen LogP contribution in [0, 0.1) is 5.82 Å². The van der Waals surface area contributed by atoms with Crippen molar-refractivity contribution in [1.29, 1.82) is 0 Å². The van der Waals surface area contributed by atoms with Crippen LogP contribution in [0.5, 0.6) is 5.75 Å². The standard InChI is InChI=1S/C16H13FN2O/c17-13-7-11(8-14(18)9-13)10-20-15-5-1-3-12-4-2-6-19-16(12)15/h1-9H,10,18H2. The lowest BCUT2D eigenvalue weighted by atomic mass is 10.2. The zero-order valence-electron chi connectivity index (χ0n) is 10.7. The van der Waals surface area contributed by atoms with Crippen molar-refractivity contribution < 1.29 is 9.13 Å². The molecule has 100 valence electrons. The number of anilines is 1. The maximum Gasteiger partial charge on any atom is 0.146 e. The van der Waals surface area contributed by atoms with Gasteiger partial charge in [0.2, 0.25) is 0 Å². The predicted molar refractivity (Wildman–Crippen MR) is 76.9 cm³/mol. The van der Waals surface area contributed by atoms with Crippen LogP contribution in [0.2, 0.25) is 0 Å². The molecule has 0 saturated heterocycles. The predicted octanol–water partition coefficient (Wildman–Crippen LogP) is 3.54. The number of hydrogen-bond acceptors (Lipinski definition) is 3. The summed E-state index contributed by atoms with van der Waals surface area (Å²) in [6.07, 6.45) is 1.72. The second-order valence-corrected chi connectivity index (χ2v) is 4.51. The van der Waals surface area contributed by atoms with Gasteiger partial charge in [-0.2, -0.15) is 0 Å². The third-order valence-corrected chi connectivity index (χ3v) is 2.97. The van der Waals surface area contributed by atoms with Gasteiger partial charge in [0.15, 0.2) is 0 Å². The molecule has 2 N–H and O–H groups in total. The number of ether oxygens (including phenoxy) is 1. The fourth-order valence-corrected chi connectivity index (χ4v) is 2.11. The van der Waals surface area contributed by atoms with E-state index in [0.717, 1.165) is 10.9 Å². The first-order chi connectivity index (χ1) is 9.72. The van der Waals surface area contributed by atoms with Crippen molar-refractivity contribution in [3.63, 3.8) is 0 Å². The average molecular weight is 268 g/mol. The highest BCUT2D eigenvalue weighted by Crippen LogP contribution is 2.24. The summed E-state index contributed by atoms with van der Waals surface area (Å²) in [5.41, 5.74) is 7.48. The van der Waals surface area contributed by atoms with E-state index >= 15 is 0 Å². The van der Waals surface area contributed by atoms with Crippen molar-refractivity contribution >= 4 is 16.6 Å². The van der Waals surface area contributed by atoms with E-state index in [9.17, 15) is 4.39 Å². The molecular formula is C16H13FN2O. The first-order valence-corrected chi connectivity index (χ1v) is 6.24. The van der Waals surface area contributed by atoms with Crippen molar-refractivity contribution in [2.24, 2.45) is 0 Å². The fourth-order valence-electron chi connectivity index (χ4n) is 2.11. The Hall–Kier alpha value is -2.62. The Balaban J connectivity index is 1.87. The summed E-state index contributed by atoms with van der Waals surface area (Å²) in [6, 6.07) is 13.9. The molecule has 0 amide bonds. The number of fused-ring (bicyclic) bond motifs is 1. The van der Waals surface area contributed by atoms with Crippen molar-refractivity contribution in [1.82, 2.24) is 4.98 Å². The second kappa shape index (κ2) is 5.17. The van der Waals surface area contributed by atoms with Gasteiger partial charge < -0.3 is 10.5 Å². The van der Waals surface area contributed by atoms with E-state index in [2.05, 4.69) is 4.98 Å². The molecular weight excluding hydrogens is 255 g/mol. The smallest absolute Gasteiger partial charge is 0.146 e. The van der Waals surface area contributed by atoms with Gasteiger partial charge in [-0.3, -0.25) is 4.98 Å². The molecule has 4 heteroatoms. The number of pyridine rings is 1. The fraction of sp³-hybridized carbons (Fsp3) is 0.0625. The Morgan fingerprint density at radius 1 is 1.10 bits per heavy atom. The first kappa shape index (κ1) is 12.4. The summed E-state index contributed by atoms with van der Waals surface area (Å²) < 4.78 is 19.0. The maximum atomic E-state index is 13.3. The Morgan fingerprint density at radius 3 is 2.80 bits per heavy atom. The van der Waals surface area contributed by atoms with Gasteiger partial charge in [-0.1, -0.05) is 18.2 Å². The summed E-state index contributed by atoms with van der Waals surface area (Å²) in [6.45, 7) is 0.248. The molecule has 1 heterocycles. The molecule has 0 aliphatic carbocycles. The summed E-state index contributed by atoms with van der Waals surface area (Å²) in [5.74, 6) is 0.311. The molecule has 2 aromatic carbocycles. The molecule has 1 aromatic heterocycles. The number of benzene rings is 2. The number of aromatic nitrogens is 1. The third kappa shape index (κ3) is 2.54. The average Bonchev–Trinajstić information content (AvgIpc) is 2.44. The van der Waals surface area contributed by atoms with Crippen LogP contribution < -0.4 is 10.5 Å². The Bertz CT molecular complexity index is 733. The molecule has 20 heavy (non-hydrogen) atoms. The number of para-hydroxylation sites is 1. The van der Waals surface area contributed by atoms with Crippen LogP contribution >= 0.6 is 0 Å². The molecule has 3 nitrogen and oxygen atoms in total. The number of hydrogen-bond donors (Lipinski definition) is 1. The van der Waals surface area contributed by atoms with Gasteiger partial charge in [-0.15, -0.1) is 0 Å². The minimum atomic E-state index is -0.361. The number of nitrogens with zero attached hydrogens (tertiary/aromatic N) is 1. The van der Waals surface area contributed by atoms with Gasteiger partial charge >= 0.3 is 0 Å². The summed E-state index contributed by atoms with van der Waals surface area (Å²) in [7, 11) is 0. The van der Waals surface area contributed by atoms with E-state index in [-0.39, 0.29) is 12.4 Å². The SMILES string of the molecule is Nc1cc(F)cc(COc2cccc3cccnc23)c1. The van der Waals surface area contributed by atoms with E-state index in [1.54, 1.807) is 12.3 Å². The van der Waals surface area contributed by atoms with E-state index in [1.807, 2.05) is 30.3 Å². The molecule has 0 spiro atoms. The monoisotopic (exact) mass is 268 g/mol. The second-order valence-electron chi connectivity index (χ2n) is 4.51. The largest absolute Gasteiger partial charge is 0.487 e. The quantitative estimate of drug-likeness (QED) is 0.739. The van der Waals surface area contributed by atoms with E-state index in [1.165, 1.54) is 12.1 Å². The van der Waals surface area contributed by atoms with Gasteiger partial charge in [-0.05, 0) is 35.9 Å². The molecule has 0 aliphatic heterocycles. The minimum Gasteiger partial charge on any atom is -0.487 e. The van der Waals surface area contributed by atoms with Gasteiger partial charge in [0.25, 0.3) is 0 Å².